The van der Waals surface area contributed by atoms with E-state index in [1.54, 1.807) is 12.1 Å². The van der Waals surface area contributed by atoms with Crippen LogP contribution in [0.1, 0.15) is 15.9 Å². The van der Waals surface area contributed by atoms with E-state index >= 15 is 0 Å². The average Bonchev–Trinajstić information content (AvgIpc) is 2.33. The number of hydrogen-bond donors (Lipinski definition) is 0. The summed E-state index contributed by atoms with van der Waals surface area (Å²) >= 11 is 8.13. The lowest BCUT2D eigenvalue weighted by molar-refractivity contribution is 0.103. The number of halogens is 3. The molecule has 0 spiro atoms. The summed E-state index contributed by atoms with van der Waals surface area (Å²) < 4.78 is 13.6. The maximum Gasteiger partial charge on any atom is 0.194 e. The van der Waals surface area contributed by atoms with Crippen LogP contribution in [0.5, 0.6) is 0 Å². The van der Waals surface area contributed by atoms with Crippen LogP contribution in [0.2, 0.25) is 5.02 Å². The highest BCUT2D eigenvalue weighted by Crippen LogP contribution is 2.24. The molecule has 0 bridgehead atoms. The smallest absolute Gasteiger partial charge is 0.194 e. The third-order valence-corrected chi connectivity index (χ3v) is 3.93. The normalized spacial score (nSPS) is 10.3. The van der Waals surface area contributed by atoms with Crippen LogP contribution in [0.3, 0.4) is 0 Å². The first-order valence-electron chi connectivity index (χ1n) is 4.84. The largest absolute Gasteiger partial charge is 0.289 e. The zero-order valence-corrected chi connectivity index (χ0v) is 11.5. The molecule has 0 aliphatic heterocycles. The van der Waals surface area contributed by atoms with Crippen molar-refractivity contribution in [2.24, 2.45) is 0 Å². The first-order valence-corrected chi connectivity index (χ1v) is 6.29. The molecule has 0 heterocycles. The van der Waals surface area contributed by atoms with Gasteiger partial charge in [-0.3, -0.25) is 4.79 Å². The summed E-state index contributed by atoms with van der Waals surface area (Å²) in [5, 5.41) is 0.433. The molecule has 0 saturated heterocycles. The Bertz CT molecular complexity index is 566. The Hall–Kier alpha value is -0.940. The van der Waals surface area contributed by atoms with Crippen LogP contribution in [-0.2, 0) is 0 Å². The first-order chi connectivity index (χ1) is 8.09. The molecule has 0 aromatic heterocycles. The molecule has 0 amide bonds. The second-order valence-corrected chi connectivity index (χ2v) is 4.98. The third-order valence-electron chi connectivity index (χ3n) is 2.30. The van der Waals surface area contributed by atoms with Gasteiger partial charge in [0.25, 0.3) is 0 Å². The van der Waals surface area contributed by atoms with Gasteiger partial charge in [0.2, 0.25) is 0 Å². The first kappa shape index (κ1) is 12.5. The number of carbonyl (C=O) groups is 1. The van der Waals surface area contributed by atoms with Crippen molar-refractivity contribution in [2.45, 2.75) is 0 Å². The third kappa shape index (κ3) is 2.66. The molecule has 0 aliphatic carbocycles. The molecule has 0 radical (unpaired) electrons. The molecule has 0 atom stereocenters. The fourth-order valence-corrected chi connectivity index (χ4v) is 2.15. The van der Waals surface area contributed by atoms with E-state index < -0.39 is 0 Å². The highest BCUT2D eigenvalue weighted by atomic mass is 127. The van der Waals surface area contributed by atoms with Gasteiger partial charge in [-0.1, -0.05) is 17.7 Å². The number of rotatable bonds is 2. The van der Waals surface area contributed by atoms with Crippen molar-refractivity contribution in [3.63, 3.8) is 0 Å². The number of benzene rings is 2. The highest BCUT2D eigenvalue weighted by molar-refractivity contribution is 14.1. The van der Waals surface area contributed by atoms with Crippen molar-refractivity contribution in [3.05, 3.63) is 68.0 Å². The van der Waals surface area contributed by atoms with E-state index in [1.165, 1.54) is 24.3 Å². The summed E-state index contributed by atoms with van der Waals surface area (Å²) in [4.78, 5) is 12.1. The van der Waals surface area contributed by atoms with Gasteiger partial charge in [0, 0.05) is 14.7 Å². The van der Waals surface area contributed by atoms with Gasteiger partial charge in [0.15, 0.2) is 5.78 Å². The maximum atomic E-state index is 12.8. The second kappa shape index (κ2) is 5.14. The van der Waals surface area contributed by atoms with Gasteiger partial charge in [-0.15, -0.1) is 0 Å². The zero-order valence-electron chi connectivity index (χ0n) is 8.58. The lowest BCUT2D eigenvalue weighted by Crippen LogP contribution is -2.02. The van der Waals surface area contributed by atoms with E-state index in [4.69, 9.17) is 11.6 Å². The van der Waals surface area contributed by atoms with Crippen molar-refractivity contribution in [1.82, 2.24) is 0 Å². The van der Waals surface area contributed by atoms with Crippen LogP contribution in [0.25, 0.3) is 0 Å². The van der Waals surface area contributed by atoms with Crippen molar-refractivity contribution < 1.29 is 9.18 Å². The molecule has 2 aromatic rings. The van der Waals surface area contributed by atoms with Crippen molar-refractivity contribution in [2.75, 3.05) is 0 Å². The van der Waals surface area contributed by atoms with Gasteiger partial charge in [-0.05, 0) is 59.0 Å². The predicted octanol–water partition coefficient (Wildman–Crippen LogP) is 4.31. The molecule has 0 aliphatic rings. The summed E-state index contributed by atoms with van der Waals surface area (Å²) in [6.45, 7) is 0. The van der Waals surface area contributed by atoms with Gasteiger partial charge in [0.1, 0.15) is 5.82 Å². The van der Waals surface area contributed by atoms with Gasteiger partial charge >= 0.3 is 0 Å². The zero-order chi connectivity index (χ0) is 12.4. The van der Waals surface area contributed by atoms with Crippen molar-refractivity contribution in [1.29, 1.82) is 0 Å². The Balaban J connectivity index is 2.44. The summed E-state index contributed by atoms with van der Waals surface area (Å²) in [6, 6.07) is 10.7. The van der Waals surface area contributed by atoms with Gasteiger partial charge in [-0.2, -0.15) is 0 Å². The Labute approximate surface area is 117 Å². The number of carbonyl (C=O) groups excluding carboxylic acids is 1. The maximum absolute atomic E-state index is 12.8. The van der Waals surface area contributed by atoms with E-state index in [1.807, 2.05) is 6.07 Å². The van der Waals surface area contributed by atoms with E-state index in [0.29, 0.717) is 16.1 Å². The fourth-order valence-electron chi connectivity index (χ4n) is 1.44. The summed E-state index contributed by atoms with van der Waals surface area (Å²) in [5.74, 6) is -0.566. The highest BCUT2D eigenvalue weighted by Gasteiger charge is 2.14. The van der Waals surface area contributed by atoms with Gasteiger partial charge in [-0.25, -0.2) is 4.39 Å². The summed E-state index contributed by atoms with van der Waals surface area (Å²) in [7, 11) is 0. The SMILES string of the molecule is O=C(c1ccc(F)cc1)c1cccc(I)c1Cl. The van der Waals surface area contributed by atoms with Crippen LogP contribution < -0.4 is 0 Å². The van der Waals surface area contributed by atoms with E-state index in [0.717, 1.165) is 3.57 Å². The Morgan fingerprint density at radius 2 is 1.76 bits per heavy atom. The van der Waals surface area contributed by atoms with Crippen LogP contribution in [0, 0.1) is 9.39 Å². The number of ketones is 1. The minimum Gasteiger partial charge on any atom is -0.289 e. The van der Waals surface area contributed by atoms with Gasteiger partial charge in [0.05, 0.1) is 5.02 Å². The van der Waals surface area contributed by atoms with Crippen LogP contribution in [0.4, 0.5) is 4.39 Å². The standard InChI is InChI=1S/C13H7ClFIO/c14-12-10(2-1-3-11(12)16)13(17)8-4-6-9(15)7-5-8/h1-7H. The second-order valence-electron chi connectivity index (χ2n) is 3.44. The van der Waals surface area contributed by atoms with Crippen LogP contribution in [0.15, 0.2) is 42.5 Å². The van der Waals surface area contributed by atoms with E-state index in [-0.39, 0.29) is 11.6 Å². The Morgan fingerprint density at radius 3 is 2.41 bits per heavy atom. The van der Waals surface area contributed by atoms with Crippen LogP contribution >= 0.6 is 34.2 Å². The quantitative estimate of drug-likeness (QED) is 0.576. The Kier molecular flexibility index (Phi) is 3.79. The van der Waals surface area contributed by atoms with Crippen molar-refractivity contribution >= 4 is 40.0 Å². The molecule has 0 N–H and O–H groups in total. The Morgan fingerprint density at radius 1 is 1.12 bits per heavy atom. The van der Waals surface area contributed by atoms with Crippen LogP contribution in [-0.4, -0.2) is 5.78 Å². The van der Waals surface area contributed by atoms with Gasteiger partial charge < -0.3 is 0 Å². The van der Waals surface area contributed by atoms with E-state index in [9.17, 15) is 9.18 Å². The summed E-state index contributed by atoms with van der Waals surface area (Å²) in [5.41, 5.74) is 0.862. The topological polar surface area (TPSA) is 17.1 Å². The lowest BCUT2D eigenvalue weighted by atomic mass is 10.0. The van der Waals surface area contributed by atoms with E-state index in [2.05, 4.69) is 22.6 Å². The fraction of sp³-hybridized carbons (Fsp3) is 0. The monoisotopic (exact) mass is 360 g/mol. The predicted molar refractivity (Wildman–Crippen MR) is 74.0 cm³/mol. The minimum atomic E-state index is -0.365. The van der Waals surface area contributed by atoms with Crippen molar-refractivity contribution in [3.8, 4) is 0 Å². The molecule has 86 valence electrons. The number of hydrogen-bond acceptors (Lipinski definition) is 1. The minimum absolute atomic E-state index is 0.200. The molecular weight excluding hydrogens is 353 g/mol. The average molecular weight is 361 g/mol. The molecular formula is C13H7ClFIO. The molecule has 2 rings (SSSR count). The molecule has 4 heteroatoms. The molecule has 0 unspecified atom stereocenters. The molecule has 0 fully saturated rings. The molecule has 2 aromatic carbocycles. The molecule has 0 saturated carbocycles. The lowest BCUT2D eigenvalue weighted by Gasteiger charge is -2.05. The molecule has 1 nitrogen and oxygen atoms in total. The summed E-state index contributed by atoms with van der Waals surface area (Å²) in [6.07, 6.45) is 0. The molecule has 17 heavy (non-hydrogen) atoms.